The van der Waals surface area contributed by atoms with Gasteiger partial charge in [0.1, 0.15) is 0 Å². The lowest BCUT2D eigenvalue weighted by molar-refractivity contribution is 0.280. The van der Waals surface area contributed by atoms with Gasteiger partial charge in [0, 0.05) is 32.7 Å². The molecule has 0 aromatic carbocycles. The molecule has 0 radical (unpaired) electrons. The van der Waals surface area contributed by atoms with E-state index in [9.17, 15) is 0 Å². The number of hydrogen-bond acceptors (Lipinski definition) is 3. The van der Waals surface area contributed by atoms with Gasteiger partial charge in [0.25, 0.3) is 0 Å². The molecule has 1 heterocycles. The fourth-order valence-electron chi connectivity index (χ4n) is 2.81. The van der Waals surface area contributed by atoms with Crippen molar-refractivity contribution >= 4 is 29.9 Å². The van der Waals surface area contributed by atoms with E-state index in [1.165, 1.54) is 58.2 Å². The van der Waals surface area contributed by atoms with Crippen LogP contribution in [0.4, 0.5) is 0 Å². The van der Waals surface area contributed by atoms with Crippen molar-refractivity contribution in [1.29, 1.82) is 0 Å². The lowest BCUT2D eigenvalue weighted by Gasteiger charge is -2.20. The Bertz CT molecular complexity index is 299. The predicted molar refractivity (Wildman–Crippen MR) is 112 cm³/mol. The van der Waals surface area contributed by atoms with E-state index in [0.717, 1.165) is 32.6 Å². The number of likely N-dealkylation sites (N-methyl/N-ethyl adjacent to an activating group) is 1. The van der Waals surface area contributed by atoms with Gasteiger partial charge in [-0.3, -0.25) is 4.99 Å². The van der Waals surface area contributed by atoms with Crippen LogP contribution in [0.3, 0.4) is 0 Å². The molecule has 3 N–H and O–H groups in total. The summed E-state index contributed by atoms with van der Waals surface area (Å²) in [7, 11) is 2.20. The Morgan fingerprint density at radius 1 is 1.04 bits per heavy atom. The van der Waals surface area contributed by atoms with Crippen molar-refractivity contribution < 1.29 is 0 Å². The SMILES string of the molecule is CCCCCCCCN=C(N)NCCN1CCCN(C)CC1.I. The van der Waals surface area contributed by atoms with Crippen LogP contribution in [0.15, 0.2) is 4.99 Å². The highest BCUT2D eigenvalue weighted by Gasteiger charge is 2.11. The first-order valence-electron chi connectivity index (χ1n) is 9.17. The molecule has 5 nitrogen and oxygen atoms in total. The Morgan fingerprint density at radius 2 is 1.78 bits per heavy atom. The van der Waals surface area contributed by atoms with Gasteiger partial charge in [-0.25, -0.2) is 0 Å². The van der Waals surface area contributed by atoms with Crippen molar-refractivity contribution in [2.24, 2.45) is 10.7 Å². The van der Waals surface area contributed by atoms with Crippen LogP contribution in [0, 0.1) is 0 Å². The Balaban J connectivity index is 0.00000484. The summed E-state index contributed by atoms with van der Waals surface area (Å²) in [6.45, 7) is 9.80. The van der Waals surface area contributed by atoms with Crippen molar-refractivity contribution in [3.63, 3.8) is 0 Å². The summed E-state index contributed by atoms with van der Waals surface area (Å²) in [6.07, 6.45) is 9.06. The van der Waals surface area contributed by atoms with E-state index < -0.39 is 0 Å². The van der Waals surface area contributed by atoms with E-state index in [1.54, 1.807) is 0 Å². The maximum Gasteiger partial charge on any atom is 0.188 e. The van der Waals surface area contributed by atoms with Crippen LogP contribution in [0.2, 0.25) is 0 Å². The summed E-state index contributed by atoms with van der Waals surface area (Å²) in [5, 5.41) is 3.25. The van der Waals surface area contributed by atoms with Gasteiger partial charge in [-0.2, -0.15) is 0 Å². The minimum atomic E-state index is 0. The van der Waals surface area contributed by atoms with E-state index in [-0.39, 0.29) is 24.0 Å². The van der Waals surface area contributed by atoms with Crippen LogP contribution in [0.25, 0.3) is 0 Å². The highest BCUT2D eigenvalue weighted by Crippen LogP contribution is 2.04. The van der Waals surface area contributed by atoms with E-state index in [1.807, 2.05) is 0 Å². The first kappa shape index (κ1) is 22.9. The molecule has 138 valence electrons. The quantitative estimate of drug-likeness (QED) is 0.238. The smallest absolute Gasteiger partial charge is 0.188 e. The highest BCUT2D eigenvalue weighted by molar-refractivity contribution is 14.0. The van der Waals surface area contributed by atoms with Gasteiger partial charge in [-0.1, -0.05) is 39.0 Å². The zero-order valence-corrected chi connectivity index (χ0v) is 17.6. The summed E-state index contributed by atoms with van der Waals surface area (Å²) < 4.78 is 0. The zero-order chi connectivity index (χ0) is 16.0. The van der Waals surface area contributed by atoms with Crippen LogP contribution >= 0.6 is 24.0 Å². The summed E-state index contributed by atoms with van der Waals surface area (Å²) in [5.74, 6) is 0.612. The molecule has 0 unspecified atom stereocenters. The van der Waals surface area contributed by atoms with Crippen molar-refractivity contribution in [2.75, 3.05) is 52.9 Å². The molecule has 0 saturated carbocycles. The third-order valence-electron chi connectivity index (χ3n) is 4.34. The van der Waals surface area contributed by atoms with Crippen molar-refractivity contribution in [3.8, 4) is 0 Å². The van der Waals surface area contributed by atoms with Crippen LogP contribution in [0.5, 0.6) is 0 Å². The molecule has 1 aliphatic rings. The third-order valence-corrected chi connectivity index (χ3v) is 4.34. The summed E-state index contributed by atoms with van der Waals surface area (Å²) >= 11 is 0. The standard InChI is InChI=1S/C17H37N5.HI/c1-3-4-5-6-7-8-10-19-17(18)20-11-14-22-13-9-12-21(2)15-16-22;/h3-16H2,1-2H3,(H3,18,19,20);1H. The van der Waals surface area contributed by atoms with Crippen LogP contribution < -0.4 is 11.1 Å². The molecule has 23 heavy (non-hydrogen) atoms. The maximum absolute atomic E-state index is 5.92. The highest BCUT2D eigenvalue weighted by atomic mass is 127. The van der Waals surface area contributed by atoms with Gasteiger partial charge in [0.2, 0.25) is 0 Å². The van der Waals surface area contributed by atoms with E-state index >= 15 is 0 Å². The fraction of sp³-hybridized carbons (Fsp3) is 0.941. The zero-order valence-electron chi connectivity index (χ0n) is 15.2. The number of nitrogens with two attached hydrogens (primary N) is 1. The molecule has 1 fully saturated rings. The maximum atomic E-state index is 5.92. The van der Waals surface area contributed by atoms with Crippen LogP contribution in [-0.4, -0.2) is 68.6 Å². The van der Waals surface area contributed by atoms with Gasteiger partial charge in [-0.15, -0.1) is 24.0 Å². The van der Waals surface area contributed by atoms with Crippen molar-refractivity contribution in [1.82, 2.24) is 15.1 Å². The van der Waals surface area contributed by atoms with E-state index in [0.29, 0.717) is 5.96 Å². The molecular weight excluding hydrogens is 401 g/mol. The molecule has 0 aliphatic carbocycles. The number of nitrogens with zero attached hydrogens (tertiary/aromatic N) is 3. The van der Waals surface area contributed by atoms with Crippen LogP contribution in [-0.2, 0) is 0 Å². The number of unbranched alkanes of at least 4 members (excludes halogenated alkanes) is 5. The third kappa shape index (κ3) is 12.9. The monoisotopic (exact) mass is 439 g/mol. The molecule has 1 rings (SSSR count). The van der Waals surface area contributed by atoms with E-state index in [2.05, 4.69) is 34.1 Å². The minimum absolute atomic E-state index is 0. The summed E-state index contributed by atoms with van der Waals surface area (Å²) in [6, 6.07) is 0. The molecule has 1 aliphatic heterocycles. The van der Waals surface area contributed by atoms with Gasteiger partial charge in [0.15, 0.2) is 5.96 Å². The number of aliphatic imine (C=N–C) groups is 1. The topological polar surface area (TPSA) is 56.9 Å². The fourth-order valence-corrected chi connectivity index (χ4v) is 2.81. The molecule has 0 amide bonds. The average Bonchev–Trinajstić information content (AvgIpc) is 2.71. The molecular formula is C17H38IN5. The molecule has 6 heteroatoms. The van der Waals surface area contributed by atoms with Gasteiger partial charge in [0.05, 0.1) is 0 Å². The second-order valence-corrected chi connectivity index (χ2v) is 6.46. The second-order valence-electron chi connectivity index (χ2n) is 6.46. The van der Waals surface area contributed by atoms with E-state index in [4.69, 9.17) is 5.73 Å². The number of nitrogens with one attached hydrogen (secondary N) is 1. The predicted octanol–water partition coefficient (Wildman–Crippen LogP) is 2.51. The number of halogens is 1. The first-order valence-corrected chi connectivity index (χ1v) is 9.17. The van der Waals surface area contributed by atoms with Crippen molar-refractivity contribution in [2.45, 2.75) is 51.9 Å². The Hall–Kier alpha value is -0.0800. The molecule has 0 spiro atoms. The number of guanidine groups is 1. The lowest BCUT2D eigenvalue weighted by atomic mass is 10.1. The molecule has 1 saturated heterocycles. The second kappa shape index (κ2) is 15.4. The molecule has 0 bridgehead atoms. The molecule has 0 aromatic rings. The Labute approximate surface area is 160 Å². The lowest BCUT2D eigenvalue weighted by Crippen LogP contribution is -2.39. The normalized spacial score (nSPS) is 17.6. The average molecular weight is 439 g/mol. The number of hydrogen-bond donors (Lipinski definition) is 2. The summed E-state index contributed by atoms with van der Waals surface area (Å²) in [4.78, 5) is 9.33. The van der Waals surface area contributed by atoms with Crippen LogP contribution in [0.1, 0.15) is 51.9 Å². The largest absolute Gasteiger partial charge is 0.370 e. The summed E-state index contributed by atoms with van der Waals surface area (Å²) in [5.41, 5.74) is 5.92. The Morgan fingerprint density at radius 3 is 2.57 bits per heavy atom. The first-order chi connectivity index (χ1) is 10.7. The van der Waals surface area contributed by atoms with Gasteiger partial charge < -0.3 is 20.9 Å². The minimum Gasteiger partial charge on any atom is -0.370 e. The molecule has 0 atom stereocenters. The number of rotatable bonds is 10. The van der Waals surface area contributed by atoms with Crippen molar-refractivity contribution in [3.05, 3.63) is 0 Å². The molecule has 0 aromatic heterocycles. The van der Waals surface area contributed by atoms with Gasteiger partial charge in [-0.05, 0) is 33.0 Å². The van der Waals surface area contributed by atoms with Gasteiger partial charge >= 0.3 is 0 Å². The Kier molecular flexibility index (Phi) is 15.4.